The lowest BCUT2D eigenvalue weighted by atomic mass is 10.2. The van der Waals surface area contributed by atoms with Gasteiger partial charge in [-0.1, -0.05) is 6.07 Å². The highest BCUT2D eigenvalue weighted by Gasteiger charge is 2.08. The monoisotopic (exact) mass is 233 g/mol. The molecule has 0 unspecified atom stereocenters. The summed E-state index contributed by atoms with van der Waals surface area (Å²) < 4.78 is 11.1. The minimum absolute atomic E-state index is 0.0965. The predicted octanol–water partition coefficient (Wildman–Crippen LogP) is 3.14. The van der Waals surface area contributed by atoms with Crippen LogP contribution >= 0.6 is 0 Å². The van der Waals surface area contributed by atoms with Gasteiger partial charge in [0.15, 0.2) is 0 Å². The van der Waals surface area contributed by atoms with E-state index in [0.717, 1.165) is 12.2 Å². The maximum Gasteiger partial charge on any atom is 0.120 e. The number of nitriles is 1. The van der Waals surface area contributed by atoms with Gasteiger partial charge in [0, 0.05) is 6.42 Å². The first-order valence-corrected chi connectivity index (χ1v) is 5.78. The van der Waals surface area contributed by atoms with Gasteiger partial charge >= 0.3 is 0 Å². The van der Waals surface area contributed by atoms with E-state index in [1.807, 2.05) is 32.9 Å². The minimum Gasteiger partial charge on any atom is -0.493 e. The van der Waals surface area contributed by atoms with Gasteiger partial charge in [0.25, 0.3) is 0 Å². The van der Waals surface area contributed by atoms with Crippen molar-refractivity contribution in [1.29, 1.82) is 5.26 Å². The minimum atomic E-state index is -0.0965. The van der Waals surface area contributed by atoms with Crippen LogP contribution in [0.2, 0.25) is 0 Å². The van der Waals surface area contributed by atoms with E-state index in [0.29, 0.717) is 18.8 Å². The highest BCUT2D eigenvalue weighted by Crippen LogP contribution is 2.13. The summed E-state index contributed by atoms with van der Waals surface area (Å²) in [4.78, 5) is 0. The van der Waals surface area contributed by atoms with Crippen LogP contribution in [0, 0.1) is 11.3 Å². The Hall–Kier alpha value is -1.53. The second-order valence-electron chi connectivity index (χ2n) is 4.80. The maximum absolute atomic E-state index is 8.74. The standard InChI is InChI=1S/C14H19NO2/c1-14(2,3)17-9-5-8-16-13-7-4-6-12(10-13)11-15/h4,6-7,10H,5,8-9H2,1-3H3. The highest BCUT2D eigenvalue weighted by atomic mass is 16.5. The third kappa shape index (κ3) is 5.94. The predicted molar refractivity (Wildman–Crippen MR) is 67.0 cm³/mol. The molecule has 0 bridgehead atoms. The summed E-state index contributed by atoms with van der Waals surface area (Å²) in [5.74, 6) is 0.736. The van der Waals surface area contributed by atoms with E-state index in [1.165, 1.54) is 0 Å². The van der Waals surface area contributed by atoms with Crippen molar-refractivity contribution in [3.8, 4) is 11.8 Å². The van der Waals surface area contributed by atoms with Crippen molar-refractivity contribution < 1.29 is 9.47 Å². The highest BCUT2D eigenvalue weighted by molar-refractivity contribution is 5.36. The molecule has 1 aromatic rings. The molecule has 1 aromatic carbocycles. The first-order chi connectivity index (χ1) is 8.01. The van der Waals surface area contributed by atoms with Crippen LogP contribution in [0.4, 0.5) is 0 Å². The summed E-state index contributed by atoms with van der Waals surface area (Å²) in [5, 5.41) is 8.74. The molecule has 17 heavy (non-hydrogen) atoms. The van der Waals surface area contributed by atoms with Crippen LogP contribution in [0.25, 0.3) is 0 Å². The van der Waals surface area contributed by atoms with Gasteiger partial charge in [-0.25, -0.2) is 0 Å². The summed E-state index contributed by atoms with van der Waals surface area (Å²) in [6.07, 6.45) is 0.841. The summed E-state index contributed by atoms with van der Waals surface area (Å²) in [7, 11) is 0. The molecule has 0 aliphatic heterocycles. The maximum atomic E-state index is 8.74. The van der Waals surface area contributed by atoms with Gasteiger partial charge in [-0.15, -0.1) is 0 Å². The van der Waals surface area contributed by atoms with Crippen LogP contribution in [0.3, 0.4) is 0 Å². The lowest BCUT2D eigenvalue weighted by Gasteiger charge is -2.19. The fourth-order valence-corrected chi connectivity index (χ4v) is 1.28. The molecule has 0 amide bonds. The molecule has 0 heterocycles. The van der Waals surface area contributed by atoms with Crippen LogP contribution in [-0.4, -0.2) is 18.8 Å². The van der Waals surface area contributed by atoms with Crippen molar-refractivity contribution in [2.24, 2.45) is 0 Å². The molecular formula is C14H19NO2. The fraction of sp³-hybridized carbons (Fsp3) is 0.500. The van der Waals surface area contributed by atoms with Gasteiger partial charge in [-0.3, -0.25) is 0 Å². The molecule has 0 spiro atoms. The molecular weight excluding hydrogens is 214 g/mol. The van der Waals surface area contributed by atoms with Crippen LogP contribution < -0.4 is 4.74 Å². The molecule has 0 radical (unpaired) electrons. The lowest BCUT2D eigenvalue weighted by Crippen LogP contribution is -2.20. The van der Waals surface area contributed by atoms with Crippen molar-refractivity contribution in [1.82, 2.24) is 0 Å². The number of hydrogen-bond acceptors (Lipinski definition) is 3. The first kappa shape index (κ1) is 13.5. The first-order valence-electron chi connectivity index (χ1n) is 5.78. The molecule has 0 aromatic heterocycles. The Kier molecular flexibility index (Phi) is 4.99. The number of rotatable bonds is 5. The van der Waals surface area contributed by atoms with Crippen LogP contribution in [-0.2, 0) is 4.74 Å². The Bertz CT molecular complexity index is 388. The van der Waals surface area contributed by atoms with E-state index in [2.05, 4.69) is 6.07 Å². The number of benzene rings is 1. The number of ether oxygens (including phenoxy) is 2. The van der Waals surface area contributed by atoms with Crippen molar-refractivity contribution in [3.05, 3.63) is 29.8 Å². The summed E-state index contributed by atoms with van der Waals surface area (Å²) in [5.41, 5.74) is 0.522. The summed E-state index contributed by atoms with van der Waals surface area (Å²) in [6.45, 7) is 7.38. The zero-order valence-corrected chi connectivity index (χ0v) is 10.7. The number of hydrogen-bond donors (Lipinski definition) is 0. The Balaban J connectivity index is 2.25. The largest absolute Gasteiger partial charge is 0.493 e. The van der Waals surface area contributed by atoms with Crippen LogP contribution in [0.15, 0.2) is 24.3 Å². The molecule has 0 fully saturated rings. The fourth-order valence-electron chi connectivity index (χ4n) is 1.28. The Morgan fingerprint density at radius 1 is 1.24 bits per heavy atom. The molecule has 3 nitrogen and oxygen atoms in total. The third-order valence-corrected chi connectivity index (χ3v) is 2.06. The van der Waals surface area contributed by atoms with Crippen molar-refractivity contribution in [2.45, 2.75) is 32.8 Å². The molecule has 0 saturated carbocycles. The molecule has 0 aliphatic carbocycles. The molecule has 0 aliphatic rings. The van der Waals surface area contributed by atoms with Gasteiger partial charge < -0.3 is 9.47 Å². The topological polar surface area (TPSA) is 42.2 Å². The third-order valence-electron chi connectivity index (χ3n) is 2.06. The van der Waals surface area contributed by atoms with E-state index in [1.54, 1.807) is 12.1 Å². The number of nitrogens with zero attached hydrogens (tertiary/aromatic N) is 1. The molecule has 0 atom stereocenters. The SMILES string of the molecule is CC(C)(C)OCCCOc1cccc(C#N)c1. The molecule has 3 heteroatoms. The summed E-state index contributed by atoms with van der Waals surface area (Å²) >= 11 is 0. The average Bonchev–Trinajstić information content (AvgIpc) is 2.27. The van der Waals surface area contributed by atoms with E-state index in [4.69, 9.17) is 14.7 Å². The van der Waals surface area contributed by atoms with Crippen LogP contribution in [0.1, 0.15) is 32.8 Å². The summed E-state index contributed by atoms with van der Waals surface area (Å²) in [6, 6.07) is 9.26. The van der Waals surface area contributed by atoms with Gasteiger partial charge in [0.1, 0.15) is 5.75 Å². The second kappa shape index (κ2) is 6.27. The lowest BCUT2D eigenvalue weighted by molar-refractivity contribution is -0.00768. The molecule has 0 saturated heterocycles. The Morgan fingerprint density at radius 2 is 2.00 bits per heavy atom. The zero-order chi connectivity index (χ0) is 12.7. The second-order valence-corrected chi connectivity index (χ2v) is 4.80. The smallest absolute Gasteiger partial charge is 0.120 e. The van der Waals surface area contributed by atoms with E-state index in [9.17, 15) is 0 Å². The molecule has 0 N–H and O–H groups in total. The van der Waals surface area contributed by atoms with Gasteiger partial charge in [-0.05, 0) is 39.0 Å². The van der Waals surface area contributed by atoms with E-state index in [-0.39, 0.29) is 5.60 Å². The van der Waals surface area contributed by atoms with Gasteiger partial charge in [-0.2, -0.15) is 5.26 Å². The van der Waals surface area contributed by atoms with Crippen molar-refractivity contribution >= 4 is 0 Å². The average molecular weight is 233 g/mol. The zero-order valence-electron chi connectivity index (χ0n) is 10.7. The van der Waals surface area contributed by atoms with Crippen molar-refractivity contribution in [3.63, 3.8) is 0 Å². The van der Waals surface area contributed by atoms with E-state index >= 15 is 0 Å². The van der Waals surface area contributed by atoms with Gasteiger partial charge in [0.05, 0.1) is 30.4 Å². The molecule has 92 valence electrons. The van der Waals surface area contributed by atoms with Crippen molar-refractivity contribution in [2.75, 3.05) is 13.2 Å². The molecule has 1 rings (SSSR count). The Morgan fingerprint density at radius 3 is 2.65 bits per heavy atom. The van der Waals surface area contributed by atoms with Gasteiger partial charge in [0.2, 0.25) is 0 Å². The quantitative estimate of drug-likeness (QED) is 0.734. The Labute approximate surface area is 103 Å². The van der Waals surface area contributed by atoms with E-state index < -0.39 is 0 Å². The normalized spacial score (nSPS) is 10.9. The van der Waals surface area contributed by atoms with Crippen LogP contribution in [0.5, 0.6) is 5.75 Å².